The zero-order valence-electron chi connectivity index (χ0n) is 14.9. The smallest absolute Gasteiger partial charge is 0.244 e. The Morgan fingerprint density at radius 1 is 0.889 bits per heavy atom. The number of rotatable bonds is 5. The van der Waals surface area contributed by atoms with Crippen molar-refractivity contribution in [3.05, 3.63) is 84.9 Å². The Morgan fingerprint density at radius 2 is 1.44 bits per heavy atom. The summed E-state index contributed by atoms with van der Waals surface area (Å²) in [6, 6.07) is 27.3. The van der Waals surface area contributed by atoms with Gasteiger partial charge in [0.05, 0.1) is 16.3 Å². The van der Waals surface area contributed by atoms with Crippen molar-refractivity contribution in [2.45, 2.75) is 17.3 Å². The fraction of sp³-hybridized carbons (Fsp3) is 0.0909. The van der Waals surface area contributed by atoms with Gasteiger partial charge < -0.3 is 4.98 Å². The fourth-order valence-corrected chi connectivity index (χ4v) is 3.80. The number of aromatic nitrogens is 2. The number of anilines is 2. The summed E-state index contributed by atoms with van der Waals surface area (Å²) in [5.74, 6) is 0.0119. The molecule has 1 heterocycles. The van der Waals surface area contributed by atoms with Crippen molar-refractivity contribution >= 4 is 40.1 Å². The van der Waals surface area contributed by atoms with E-state index in [9.17, 15) is 4.79 Å². The number of nitrogens with zero attached hydrogens (tertiary/aromatic N) is 2. The maximum Gasteiger partial charge on any atom is 0.244 e. The number of H-pyrrole nitrogens is 1. The summed E-state index contributed by atoms with van der Waals surface area (Å²) in [4.78, 5) is 22.9. The predicted molar refractivity (Wildman–Crippen MR) is 111 cm³/mol. The highest BCUT2D eigenvalue weighted by Gasteiger charge is 2.25. The number of aromatic amines is 1. The lowest BCUT2D eigenvalue weighted by molar-refractivity contribution is -0.117. The Bertz CT molecular complexity index is 974. The molecule has 0 saturated carbocycles. The number of hydrogen-bond acceptors (Lipinski definition) is 3. The van der Waals surface area contributed by atoms with Gasteiger partial charge >= 0.3 is 0 Å². The molecular weight excluding hydrogens is 354 g/mol. The lowest BCUT2D eigenvalue weighted by Gasteiger charge is -2.25. The van der Waals surface area contributed by atoms with Gasteiger partial charge in [-0.3, -0.25) is 9.69 Å². The first-order valence-corrected chi connectivity index (χ1v) is 9.66. The van der Waals surface area contributed by atoms with Crippen LogP contribution in [0.5, 0.6) is 0 Å². The van der Waals surface area contributed by atoms with E-state index in [1.807, 2.05) is 91.9 Å². The average Bonchev–Trinajstić information content (AvgIpc) is 3.12. The second-order valence-corrected chi connectivity index (χ2v) is 7.49. The molecule has 1 amide bonds. The predicted octanol–water partition coefficient (Wildman–Crippen LogP) is 5.41. The highest BCUT2D eigenvalue weighted by molar-refractivity contribution is 8.00. The van der Waals surface area contributed by atoms with E-state index in [1.165, 1.54) is 11.8 Å². The minimum absolute atomic E-state index is 0.0119. The number of carbonyl (C=O) groups excluding carboxylic acids is 1. The molecule has 0 aliphatic carbocycles. The van der Waals surface area contributed by atoms with Gasteiger partial charge in [0.1, 0.15) is 0 Å². The fourth-order valence-electron chi connectivity index (χ4n) is 2.94. The summed E-state index contributed by atoms with van der Waals surface area (Å²) < 4.78 is 0. The molecular formula is C22H19N3OS. The molecule has 0 aliphatic rings. The summed E-state index contributed by atoms with van der Waals surface area (Å²) >= 11 is 1.44. The van der Waals surface area contributed by atoms with E-state index in [1.54, 1.807) is 4.90 Å². The molecule has 1 unspecified atom stereocenters. The molecule has 0 bridgehead atoms. The Labute approximate surface area is 162 Å². The van der Waals surface area contributed by atoms with E-state index in [0.717, 1.165) is 27.6 Å². The highest BCUT2D eigenvalue weighted by atomic mass is 32.2. The van der Waals surface area contributed by atoms with Crippen molar-refractivity contribution in [1.82, 2.24) is 9.97 Å². The third-order valence-electron chi connectivity index (χ3n) is 4.25. The second kappa shape index (κ2) is 7.68. The maximum absolute atomic E-state index is 13.3. The van der Waals surface area contributed by atoms with Crippen LogP contribution in [0.15, 0.2) is 90.1 Å². The first kappa shape index (κ1) is 17.4. The van der Waals surface area contributed by atoms with Crippen molar-refractivity contribution in [3.63, 3.8) is 0 Å². The van der Waals surface area contributed by atoms with Crippen molar-refractivity contribution in [1.29, 1.82) is 0 Å². The van der Waals surface area contributed by atoms with Crippen LogP contribution in [0.2, 0.25) is 0 Å². The van der Waals surface area contributed by atoms with Crippen molar-refractivity contribution in [2.24, 2.45) is 0 Å². The monoisotopic (exact) mass is 373 g/mol. The molecule has 0 saturated heterocycles. The Hall–Kier alpha value is -3.05. The number of para-hydroxylation sites is 4. The second-order valence-electron chi connectivity index (χ2n) is 6.16. The number of imidazole rings is 1. The summed E-state index contributed by atoms with van der Waals surface area (Å²) in [5.41, 5.74) is 3.58. The number of thioether (sulfide) groups is 1. The number of nitrogens with one attached hydrogen (secondary N) is 1. The van der Waals surface area contributed by atoms with Gasteiger partial charge in [0.15, 0.2) is 5.16 Å². The SMILES string of the molecule is CC(Sc1nc2ccccc2[nH]1)C(=O)N(c1ccccc1)c1ccccc1. The summed E-state index contributed by atoms with van der Waals surface area (Å²) in [7, 11) is 0. The van der Waals surface area contributed by atoms with Crippen molar-refractivity contribution in [2.75, 3.05) is 4.90 Å². The van der Waals surface area contributed by atoms with Crippen LogP contribution in [0, 0.1) is 0 Å². The van der Waals surface area contributed by atoms with Gasteiger partial charge in [0, 0.05) is 11.4 Å². The molecule has 4 nitrogen and oxygen atoms in total. The number of hydrogen-bond donors (Lipinski definition) is 1. The maximum atomic E-state index is 13.3. The highest BCUT2D eigenvalue weighted by Crippen LogP contribution is 2.30. The van der Waals surface area contributed by atoms with Crippen molar-refractivity contribution < 1.29 is 4.79 Å². The Morgan fingerprint density at radius 3 is 2.04 bits per heavy atom. The summed E-state index contributed by atoms with van der Waals surface area (Å²) in [6.07, 6.45) is 0. The normalized spacial score (nSPS) is 12.0. The van der Waals surface area contributed by atoms with E-state index >= 15 is 0 Å². The molecule has 1 N–H and O–H groups in total. The lowest BCUT2D eigenvalue weighted by atomic mass is 10.2. The molecule has 0 aliphatic heterocycles. The minimum Gasteiger partial charge on any atom is -0.333 e. The van der Waals surface area contributed by atoms with Crippen LogP contribution in [-0.4, -0.2) is 21.1 Å². The molecule has 1 atom stereocenters. The van der Waals surface area contributed by atoms with Gasteiger partial charge in [0.25, 0.3) is 0 Å². The van der Waals surface area contributed by atoms with Gasteiger partial charge in [-0.15, -0.1) is 0 Å². The van der Waals surface area contributed by atoms with E-state index in [-0.39, 0.29) is 11.2 Å². The Balaban J connectivity index is 1.62. The zero-order chi connectivity index (χ0) is 18.6. The summed E-state index contributed by atoms with van der Waals surface area (Å²) in [5, 5.41) is 0.448. The molecule has 0 spiro atoms. The van der Waals surface area contributed by atoms with Crippen LogP contribution in [0.4, 0.5) is 11.4 Å². The first-order chi connectivity index (χ1) is 13.2. The molecule has 4 aromatic rings. The van der Waals surface area contributed by atoms with Gasteiger partial charge in [0.2, 0.25) is 5.91 Å². The third kappa shape index (κ3) is 3.73. The van der Waals surface area contributed by atoms with E-state index in [2.05, 4.69) is 9.97 Å². The van der Waals surface area contributed by atoms with Crippen LogP contribution in [-0.2, 0) is 4.79 Å². The molecule has 4 rings (SSSR count). The van der Waals surface area contributed by atoms with Gasteiger partial charge in [-0.2, -0.15) is 0 Å². The molecule has 134 valence electrons. The lowest BCUT2D eigenvalue weighted by Crippen LogP contribution is -2.32. The molecule has 0 radical (unpaired) electrons. The van der Waals surface area contributed by atoms with Crippen LogP contribution in [0.25, 0.3) is 11.0 Å². The van der Waals surface area contributed by atoms with Crippen LogP contribution >= 0.6 is 11.8 Å². The van der Waals surface area contributed by atoms with Crippen LogP contribution in [0.1, 0.15) is 6.92 Å². The topological polar surface area (TPSA) is 49.0 Å². The van der Waals surface area contributed by atoms with Gasteiger partial charge in [-0.05, 0) is 43.3 Å². The molecule has 5 heteroatoms. The van der Waals surface area contributed by atoms with Crippen LogP contribution < -0.4 is 4.90 Å². The molecule has 0 fully saturated rings. The summed E-state index contributed by atoms with van der Waals surface area (Å²) in [6.45, 7) is 1.92. The van der Waals surface area contributed by atoms with Crippen LogP contribution in [0.3, 0.4) is 0 Å². The Kier molecular flexibility index (Phi) is 4.94. The standard InChI is InChI=1S/C22H19N3OS/c1-16(27-22-23-19-14-8-9-15-20(19)24-22)21(26)25(17-10-4-2-5-11-17)18-12-6-3-7-13-18/h2-16H,1H3,(H,23,24). The minimum atomic E-state index is -0.300. The number of benzene rings is 3. The molecule has 3 aromatic carbocycles. The molecule has 1 aromatic heterocycles. The van der Waals surface area contributed by atoms with E-state index in [0.29, 0.717) is 0 Å². The van der Waals surface area contributed by atoms with Gasteiger partial charge in [-0.25, -0.2) is 4.98 Å². The number of amides is 1. The van der Waals surface area contributed by atoms with E-state index in [4.69, 9.17) is 0 Å². The largest absolute Gasteiger partial charge is 0.333 e. The average molecular weight is 373 g/mol. The third-order valence-corrected chi connectivity index (χ3v) is 5.22. The number of fused-ring (bicyclic) bond motifs is 1. The van der Waals surface area contributed by atoms with E-state index < -0.39 is 0 Å². The number of carbonyl (C=O) groups is 1. The molecule has 27 heavy (non-hydrogen) atoms. The van der Waals surface area contributed by atoms with Crippen molar-refractivity contribution in [3.8, 4) is 0 Å². The van der Waals surface area contributed by atoms with Gasteiger partial charge in [-0.1, -0.05) is 60.3 Å². The first-order valence-electron chi connectivity index (χ1n) is 8.78. The zero-order valence-corrected chi connectivity index (χ0v) is 15.7. The quantitative estimate of drug-likeness (QED) is 0.476.